The molecule has 3 aromatic carbocycles. The van der Waals surface area contributed by atoms with Crippen LogP contribution in [0.3, 0.4) is 0 Å². The maximum Gasteiger partial charge on any atom is 0.147 e. The molecule has 1 unspecified atom stereocenters. The van der Waals surface area contributed by atoms with Crippen molar-refractivity contribution in [2.24, 2.45) is 5.73 Å². The number of hydrogen-bond acceptors (Lipinski definition) is 3. The molecule has 1 aliphatic heterocycles. The predicted molar refractivity (Wildman–Crippen MR) is 120 cm³/mol. The second-order valence-electron chi connectivity index (χ2n) is 6.67. The number of ether oxygens (including phenoxy) is 2. The topological polar surface area (TPSA) is 49.4 Å². The fraction of sp³-hybridized carbons (Fsp3) is 0.250. The van der Waals surface area contributed by atoms with Crippen LogP contribution in [0.2, 0.25) is 5.02 Å². The van der Waals surface area contributed by atoms with Crippen LogP contribution in [-0.4, -0.2) is 24.3 Å². The molecular formula is C24H25ClN2O2. The Balaban J connectivity index is 0.000000994. The molecule has 5 rings (SSSR count). The number of para-hydroxylation sites is 1. The van der Waals surface area contributed by atoms with Crippen molar-refractivity contribution in [3.05, 3.63) is 71.2 Å². The van der Waals surface area contributed by atoms with Gasteiger partial charge in [-0.25, -0.2) is 0 Å². The lowest BCUT2D eigenvalue weighted by Crippen LogP contribution is -2.22. The number of hydrogen-bond donors (Lipinski definition) is 1. The van der Waals surface area contributed by atoms with Crippen molar-refractivity contribution < 1.29 is 9.47 Å². The van der Waals surface area contributed by atoms with Gasteiger partial charge in [-0.1, -0.05) is 67.9 Å². The van der Waals surface area contributed by atoms with Crippen LogP contribution in [-0.2, 0) is 0 Å². The molecule has 1 aromatic heterocycles. The number of nitrogens with two attached hydrogens (primary N) is 1. The van der Waals surface area contributed by atoms with Crippen LogP contribution in [0.5, 0.6) is 11.5 Å². The molecule has 0 radical (unpaired) electrons. The van der Waals surface area contributed by atoms with Gasteiger partial charge in [0.05, 0.1) is 27.5 Å². The summed E-state index contributed by atoms with van der Waals surface area (Å²) in [4.78, 5) is 0. The smallest absolute Gasteiger partial charge is 0.147 e. The van der Waals surface area contributed by atoms with E-state index >= 15 is 0 Å². The minimum absolute atomic E-state index is 0.0876. The second kappa shape index (κ2) is 8.36. The molecule has 0 saturated heterocycles. The van der Waals surface area contributed by atoms with E-state index in [1.807, 2.05) is 38.1 Å². The number of aromatic nitrogens is 1. The minimum Gasteiger partial charge on any atom is -0.490 e. The average molecular weight is 409 g/mol. The molecule has 4 aromatic rings. The number of halogens is 1. The number of nitrogens with zero attached hydrogens (tertiary/aromatic N) is 1. The standard InChI is InChI=1S/C22H19ClN2O2.C2H6/c23-16-9-10-17-20(22(16)26-12-11-24)15-7-4-8-19-21(15)25(17)18(13-27-19)14-5-2-1-3-6-14;1-2/h1-10,18H,11-13,24H2;1-2H3. The molecule has 0 fully saturated rings. The van der Waals surface area contributed by atoms with E-state index in [0.717, 1.165) is 27.6 Å². The highest BCUT2D eigenvalue weighted by Crippen LogP contribution is 2.46. The van der Waals surface area contributed by atoms with E-state index in [4.69, 9.17) is 26.8 Å². The van der Waals surface area contributed by atoms with Gasteiger partial charge < -0.3 is 19.8 Å². The first kappa shape index (κ1) is 19.6. The molecule has 150 valence electrons. The lowest BCUT2D eigenvalue weighted by atomic mass is 10.1. The summed E-state index contributed by atoms with van der Waals surface area (Å²) in [7, 11) is 0. The quantitative estimate of drug-likeness (QED) is 0.464. The Bertz CT molecular complexity index is 1140. The summed E-state index contributed by atoms with van der Waals surface area (Å²) in [6.45, 7) is 5.44. The Morgan fingerprint density at radius 1 is 1.07 bits per heavy atom. The first-order valence-electron chi connectivity index (χ1n) is 10.1. The van der Waals surface area contributed by atoms with Crippen LogP contribution in [0.1, 0.15) is 25.5 Å². The molecule has 0 bridgehead atoms. The van der Waals surface area contributed by atoms with Crippen LogP contribution in [0, 0.1) is 0 Å². The average Bonchev–Trinajstić information content (AvgIpc) is 3.12. The van der Waals surface area contributed by atoms with Crippen molar-refractivity contribution in [3.8, 4) is 11.5 Å². The molecule has 2 heterocycles. The van der Waals surface area contributed by atoms with E-state index in [9.17, 15) is 0 Å². The summed E-state index contributed by atoms with van der Waals surface area (Å²) in [5, 5.41) is 2.69. The Kier molecular flexibility index (Phi) is 5.65. The van der Waals surface area contributed by atoms with Gasteiger partial charge in [0.15, 0.2) is 0 Å². The van der Waals surface area contributed by atoms with Gasteiger partial charge in [-0.3, -0.25) is 0 Å². The zero-order valence-corrected chi connectivity index (χ0v) is 17.4. The summed E-state index contributed by atoms with van der Waals surface area (Å²) in [5.74, 6) is 1.58. The molecule has 2 N–H and O–H groups in total. The molecule has 0 spiro atoms. The highest BCUT2D eigenvalue weighted by Gasteiger charge is 2.28. The Morgan fingerprint density at radius 3 is 2.62 bits per heavy atom. The second-order valence-corrected chi connectivity index (χ2v) is 7.07. The summed E-state index contributed by atoms with van der Waals surface area (Å²) in [6.07, 6.45) is 0. The minimum atomic E-state index is 0.0876. The molecular weight excluding hydrogens is 384 g/mol. The van der Waals surface area contributed by atoms with Crippen molar-refractivity contribution in [2.45, 2.75) is 19.9 Å². The van der Waals surface area contributed by atoms with Crippen molar-refractivity contribution in [1.82, 2.24) is 4.57 Å². The maximum absolute atomic E-state index is 6.49. The molecule has 1 atom stereocenters. The third-order valence-electron chi connectivity index (χ3n) is 5.11. The Labute approximate surface area is 175 Å². The number of rotatable bonds is 4. The first-order valence-corrected chi connectivity index (χ1v) is 10.4. The van der Waals surface area contributed by atoms with E-state index in [1.165, 1.54) is 5.56 Å². The summed E-state index contributed by atoms with van der Waals surface area (Å²) >= 11 is 6.49. The van der Waals surface area contributed by atoms with Gasteiger partial charge in [0.25, 0.3) is 0 Å². The van der Waals surface area contributed by atoms with E-state index < -0.39 is 0 Å². The fourth-order valence-corrected chi connectivity index (χ4v) is 4.22. The van der Waals surface area contributed by atoms with E-state index in [0.29, 0.717) is 30.5 Å². The highest BCUT2D eigenvalue weighted by molar-refractivity contribution is 6.34. The van der Waals surface area contributed by atoms with Crippen LogP contribution < -0.4 is 15.2 Å². The largest absolute Gasteiger partial charge is 0.490 e. The molecule has 0 saturated carbocycles. The van der Waals surface area contributed by atoms with Gasteiger partial charge >= 0.3 is 0 Å². The van der Waals surface area contributed by atoms with E-state index in [1.54, 1.807) is 0 Å². The zero-order chi connectivity index (χ0) is 20.4. The third kappa shape index (κ3) is 3.22. The molecule has 0 aliphatic carbocycles. The summed E-state index contributed by atoms with van der Waals surface area (Å²) in [6, 6.07) is 20.6. The number of fused-ring (bicyclic) bond motifs is 3. The predicted octanol–water partition coefficient (Wildman–Crippen LogP) is 5.79. The normalized spacial score (nSPS) is 15.0. The van der Waals surface area contributed by atoms with Gasteiger partial charge in [0.1, 0.15) is 24.7 Å². The Morgan fingerprint density at radius 2 is 1.86 bits per heavy atom. The van der Waals surface area contributed by atoms with Crippen LogP contribution >= 0.6 is 11.6 Å². The molecule has 29 heavy (non-hydrogen) atoms. The summed E-state index contributed by atoms with van der Waals surface area (Å²) < 4.78 is 14.4. The van der Waals surface area contributed by atoms with Gasteiger partial charge in [-0.2, -0.15) is 0 Å². The molecule has 0 amide bonds. The molecule has 5 heteroatoms. The SMILES string of the molecule is CC.NCCOc1c(Cl)ccc2c1c1cccc3c1n2C(c1ccccc1)CO3. The van der Waals surface area contributed by atoms with Crippen molar-refractivity contribution in [1.29, 1.82) is 0 Å². The van der Waals surface area contributed by atoms with Gasteiger partial charge in [-0.15, -0.1) is 0 Å². The van der Waals surface area contributed by atoms with Crippen molar-refractivity contribution >= 4 is 33.4 Å². The lowest BCUT2D eigenvalue weighted by Gasteiger charge is -2.27. The summed E-state index contributed by atoms with van der Waals surface area (Å²) in [5.41, 5.74) is 9.03. The highest BCUT2D eigenvalue weighted by atomic mass is 35.5. The third-order valence-corrected chi connectivity index (χ3v) is 5.41. The number of benzene rings is 3. The van der Waals surface area contributed by atoms with Crippen LogP contribution in [0.25, 0.3) is 21.8 Å². The first-order chi connectivity index (χ1) is 14.3. The van der Waals surface area contributed by atoms with Gasteiger partial charge in [0, 0.05) is 11.9 Å². The van der Waals surface area contributed by atoms with Gasteiger partial charge in [0.2, 0.25) is 0 Å². The monoisotopic (exact) mass is 408 g/mol. The van der Waals surface area contributed by atoms with Crippen LogP contribution in [0.15, 0.2) is 60.7 Å². The van der Waals surface area contributed by atoms with Crippen molar-refractivity contribution in [3.63, 3.8) is 0 Å². The lowest BCUT2D eigenvalue weighted by molar-refractivity contribution is 0.262. The molecule has 1 aliphatic rings. The van der Waals surface area contributed by atoms with Crippen LogP contribution in [0.4, 0.5) is 0 Å². The van der Waals surface area contributed by atoms with E-state index in [2.05, 4.69) is 41.0 Å². The van der Waals surface area contributed by atoms with E-state index in [-0.39, 0.29) is 6.04 Å². The maximum atomic E-state index is 6.49. The van der Waals surface area contributed by atoms with Crippen molar-refractivity contribution in [2.75, 3.05) is 19.8 Å². The Hall–Kier alpha value is -2.69. The van der Waals surface area contributed by atoms with Gasteiger partial charge in [-0.05, 0) is 23.8 Å². The zero-order valence-electron chi connectivity index (χ0n) is 16.7. The molecule has 4 nitrogen and oxygen atoms in total. The fourth-order valence-electron chi connectivity index (χ4n) is 4.01.